The molecule has 0 aliphatic carbocycles. The van der Waals surface area contributed by atoms with Crippen LogP contribution in [0.25, 0.3) is 0 Å². The number of nitrogens with zero attached hydrogens (tertiary/aromatic N) is 2. The van der Waals surface area contributed by atoms with Gasteiger partial charge < -0.3 is 0 Å². The van der Waals surface area contributed by atoms with E-state index in [2.05, 4.69) is 73.5 Å². The molecule has 0 saturated carbocycles. The zero-order valence-corrected chi connectivity index (χ0v) is 12.0. The molecule has 3 rings (SSSR count). The standard InChI is InChI=1S/C18H20N2/c1-3-17-14(2)18(15-10-6-4-7-11-15)20(19-17)16-12-8-5-9-13-16/h4-14,18H,3H2,1-2H3/t14-,18-/m0/s1. The summed E-state index contributed by atoms with van der Waals surface area (Å²) in [5.74, 6) is 0.447. The van der Waals surface area contributed by atoms with Gasteiger partial charge in [-0.1, -0.05) is 62.4 Å². The van der Waals surface area contributed by atoms with Crippen molar-refractivity contribution in [2.75, 3.05) is 5.01 Å². The Morgan fingerprint density at radius 1 is 0.950 bits per heavy atom. The van der Waals surface area contributed by atoms with E-state index >= 15 is 0 Å². The molecule has 0 unspecified atom stereocenters. The van der Waals surface area contributed by atoms with E-state index in [1.165, 1.54) is 11.3 Å². The minimum Gasteiger partial charge on any atom is -0.257 e. The number of hydrazone groups is 1. The maximum atomic E-state index is 4.87. The fraction of sp³-hybridized carbons (Fsp3) is 0.278. The third kappa shape index (κ3) is 2.22. The van der Waals surface area contributed by atoms with Crippen LogP contribution in [0.5, 0.6) is 0 Å². The van der Waals surface area contributed by atoms with Gasteiger partial charge in [-0.05, 0) is 24.1 Å². The fourth-order valence-electron chi connectivity index (χ4n) is 2.96. The van der Waals surface area contributed by atoms with Gasteiger partial charge in [-0.25, -0.2) is 0 Å². The lowest BCUT2D eigenvalue weighted by Gasteiger charge is -2.27. The predicted molar refractivity (Wildman–Crippen MR) is 85.0 cm³/mol. The molecular formula is C18H20N2. The van der Waals surface area contributed by atoms with Crippen LogP contribution >= 0.6 is 0 Å². The van der Waals surface area contributed by atoms with E-state index in [1.54, 1.807) is 0 Å². The minimum absolute atomic E-state index is 0.300. The molecule has 0 bridgehead atoms. The van der Waals surface area contributed by atoms with Gasteiger partial charge in [-0.3, -0.25) is 5.01 Å². The molecule has 0 amide bonds. The van der Waals surface area contributed by atoms with Gasteiger partial charge in [0.25, 0.3) is 0 Å². The van der Waals surface area contributed by atoms with E-state index in [0.29, 0.717) is 12.0 Å². The van der Waals surface area contributed by atoms with Crippen molar-refractivity contribution in [3.05, 3.63) is 66.2 Å². The van der Waals surface area contributed by atoms with Crippen LogP contribution in [-0.4, -0.2) is 5.71 Å². The second-order valence-electron chi connectivity index (χ2n) is 5.27. The van der Waals surface area contributed by atoms with Crippen molar-refractivity contribution in [1.29, 1.82) is 0 Å². The first-order valence-corrected chi connectivity index (χ1v) is 7.28. The highest BCUT2D eigenvalue weighted by atomic mass is 15.5. The average Bonchev–Trinajstić information content (AvgIpc) is 2.86. The Hall–Kier alpha value is -2.09. The van der Waals surface area contributed by atoms with Gasteiger partial charge in [0.1, 0.15) is 0 Å². The molecule has 0 saturated heterocycles. The van der Waals surface area contributed by atoms with Gasteiger partial charge in [-0.2, -0.15) is 5.10 Å². The van der Waals surface area contributed by atoms with E-state index in [-0.39, 0.29) is 0 Å². The minimum atomic E-state index is 0.300. The van der Waals surface area contributed by atoms with Crippen molar-refractivity contribution in [1.82, 2.24) is 0 Å². The van der Waals surface area contributed by atoms with Crippen molar-refractivity contribution in [3.8, 4) is 0 Å². The summed E-state index contributed by atoms with van der Waals surface area (Å²) < 4.78 is 0. The molecule has 0 fully saturated rings. The average molecular weight is 264 g/mol. The maximum absolute atomic E-state index is 4.87. The van der Waals surface area contributed by atoms with Gasteiger partial charge >= 0.3 is 0 Å². The van der Waals surface area contributed by atoms with E-state index in [4.69, 9.17) is 5.10 Å². The lowest BCUT2D eigenvalue weighted by molar-refractivity contribution is 0.586. The highest BCUT2D eigenvalue weighted by Gasteiger charge is 2.34. The van der Waals surface area contributed by atoms with Crippen LogP contribution in [0.4, 0.5) is 5.69 Å². The molecule has 20 heavy (non-hydrogen) atoms. The van der Waals surface area contributed by atoms with Gasteiger partial charge in [0, 0.05) is 11.6 Å². The van der Waals surface area contributed by atoms with Gasteiger partial charge in [0.15, 0.2) is 0 Å². The molecule has 0 N–H and O–H groups in total. The number of hydrogen-bond acceptors (Lipinski definition) is 2. The Kier molecular flexibility index (Phi) is 3.55. The fourth-order valence-corrected chi connectivity index (χ4v) is 2.96. The van der Waals surface area contributed by atoms with Crippen LogP contribution < -0.4 is 5.01 Å². The third-order valence-corrected chi connectivity index (χ3v) is 4.02. The Morgan fingerprint density at radius 3 is 2.15 bits per heavy atom. The third-order valence-electron chi connectivity index (χ3n) is 4.02. The number of benzene rings is 2. The summed E-state index contributed by atoms with van der Waals surface area (Å²) in [6.45, 7) is 4.47. The molecule has 1 aliphatic heterocycles. The van der Waals surface area contributed by atoms with Crippen LogP contribution in [0.2, 0.25) is 0 Å². The Labute approximate surface area is 120 Å². The Balaban J connectivity index is 2.03. The first kappa shape index (κ1) is 12.9. The second kappa shape index (κ2) is 5.49. The molecule has 2 nitrogen and oxygen atoms in total. The van der Waals surface area contributed by atoms with Gasteiger partial charge in [0.2, 0.25) is 0 Å². The molecule has 2 aromatic rings. The predicted octanol–water partition coefficient (Wildman–Crippen LogP) is 4.65. The number of hydrogen-bond donors (Lipinski definition) is 0. The van der Waals surface area contributed by atoms with Crippen LogP contribution in [-0.2, 0) is 0 Å². The van der Waals surface area contributed by atoms with Crippen molar-refractivity contribution in [3.63, 3.8) is 0 Å². The van der Waals surface area contributed by atoms with Crippen LogP contribution in [0, 0.1) is 5.92 Å². The SMILES string of the molecule is CCC1=NN(c2ccccc2)[C@H](c2ccccc2)[C@H]1C. The number of rotatable bonds is 3. The molecule has 1 heterocycles. The maximum Gasteiger partial charge on any atom is 0.0853 e. The molecule has 2 atom stereocenters. The quantitative estimate of drug-likeness (QED) is 0.788. The van der Waals surface area contributed by atoms with Crippen LogP contribution in [0.3, 0.4) is 0 Å². The summed E-state index contributed by atoms with van der Waals surface area (Å²) in [4.78, 5) is 0. The normalized spacial score (nSPS) is 21.9. The van der Waals surface area contributed by atoms with E-state index in [1.807, 2.05) is 6.07 Å². The second-order valence-corrected chi connectivity index (χ2v) is 5.27. The van der Waals surface area contributed by atoms with Crippen molar-refractivity contribution >= 4 is 11.4 Å². The summed E-state index contributed by atoms with van der Waals surface area (Å²) in [7, 11) is 0. The zero-order valence-electron chi connectivity index (χ0n) is 12.0. The van der Waals surface area contributed by atoms with Crippen LogP contribution in [0.1, 0.15) is 31.9 Å². The molecule has 2 aromatic carbocycles. The van der Waals surface area contributed by atoms with E-state index in [0.717, 1.165) is 12.1 Å². The molecule has 0 radical (unpaired) electrons. The summed E-state index contributed by atoms with van der Waals surface area (Å²) in [5, 5.41) is 7.04. The first-order chi connectivity index (χ1) is 9.81. The largest absolute Gasteiger partial charge is 0.257 e. The highest BCUT2D eigenvalue weighted by molar-refractivity contribution is 5.90. The highest BCUT2D eigenvalue weighted by Crippen LogP contribution is 2.39. The molecule has 0 aromatic heterocycles. The Morgan fingerprint density at radius 2 is 1.55 bits per heavy atom. The number of anilines is 1. The molecule has 0 spiro atoms. The summed E-state index contributed by atoms with van der Waals surface area (Å²) >= 11 is 0. The zero-order chi connectivity index (χ0) is 13.9. The molecule has 2 heteroatoms. The lowest BCUT2D eigenvalue weighted by atomic mass is 9.90. The summed E-state index contributed by atoms with van der Waals surface area (Å²) in [5.41, 5.74) is 3.77. The van der Waals surface area contributed by atoms with Gasteiger partial charge in [-0.15, -0.1) is 0 Å². The van der Waals surface area contributed by atoms with Crippen molar-refractivity contribution in [2.45, 2.75) is 26.3 Å². The van der Waals surface area contributed by atoms with Crippen molar-refractivity contribution in [2.24, 2.45) is 11.0 Å². The van der Waals surface area contributed by atoms with E-state index < -0.39 is 0 Å². The lowest BCUT2D eigenvalue weighted by Crippen LogP contribution is -2.23. The molecule has 102 valence electrons. The van der Waals surface area contributed by atoms with Crippen LogP contribution in [0.15, 0.2) is 65.8 Å². The smallest absolute Gasteiger partial charge is 0.0853 e. The summed E-state index contributed by atoms with van der Waals surface area (Å²) in [6.07, 6.45) is 1.01. The number of para-hydroxylation sites is 1. The van der Waals surface area contributed by atoms with Gasteiger partial charge in [0.05, 0.1) is 11.7 Å². The van der Waals surface area contributed by atoms with E-state index in [9.17, 15) is 0 Å². The molecule has 1 aliphatic rings. The van der Waals surface area contributed by atoms with Crippen molar-refractivity contribution < 1.29 is 0 Å². The first-order valence-electron chi connectivity index (χ1n) is 7.28. The summed E-state index contributed by atoms with van der Waals surface area (Å²) in [6, 6.07) is 21.4. The molecular weight excluding hydrogens is 244 g/mol. The monoisotopic (exact) mass is 264 g/mol. The Bertz CT molecular complexity index is 589. The topological polar surface area (TPSA) is 15.6 Å².